The average molecular weight is 354 g/mol. The number of rotatable bonds is 7. The van der Waals surface area contributed by atoms with E-state index in [0.29, 0.717) is 16.6 Å². The number of aryl methyl sites for hydroxylation is 1. The lowest BCUT2D eigenvalue weighted by Gasteiger charge is -2.05. The van der Waals surface area contributed by atoms with Gasteiger partial charge in [0.25, 0.3) is 11.6 Å². The normalized spacial score (nSPS) is 10.8. The first kappa shape index (κ1) is 17.6. The van der Waals surface area contributed by atoms with Gasteiger partial charge in [0, 0.05) is 29.8 Å². The SMILES string of the molecule is O=C(Nc1ccc(CCCCO)cc1)c1n[nH]c2ccc([N+](=O)[O-])cc12. The summed E-state index contributed by atoms with van der Waals surface area (Å²) in [6, 6.07) is 11.6. The molecule has 3 aromatic rings. The number of aromatic amines is 1. The van der Waals surface area contributed by atoms with Gasteiger partial charge in [0.2, 0.25) is 0 Å². The Kier molecular flexibility index (Phi) is 5.23. The topological polar surface area (TPSA) is 121 Å². The summed E-state index contributed by atoms with van der Waals surface area (Å²) in [6.07, 6.45) is 2.53. The summed E-state index contributed by atoms with van der Waals surface area (Å²) in [5.41, 5.74) is 2.30. The molecule has 0 atom stereocenters. The Morgan fingerprint density at radius 2 is 1.96 bits per heavy atom. The number of H-pyrrole nitrogens is 1. The van der Waals surface area contributed by atoms with Crippen LogP contribution in [0.4, 0.5) is 11.4 Å². The third-order valence-corrected chi connectivity index (χ3v) is 4.06. The van der Waals surface area contributed by atoms with Crippen LogP contribution in [-0.4, -0.2) is 32.7 Å². The van der Waals surface area contributed by atoms with Gasteiger partial charge in [-0.05, 0) is 43.0 Å². The van der Waals surface area contributed by atoms with Crippen molar-refractivity contribution >= 4 is 28.2 Å². The van der Waals surface area contributed by atoms with Crippen LogP contribution >= 0.6 is 0 Å². The summed E-state index contributed by atoms with van der Waals surface area (Å²) in [4.78, 5) is 22.9. The van der Waals surface area contributed by atoms with Crippen molar-refractivity contribution in [1.82, 2.24) is 10.2 Å². The minimum Gasteiger partial charge on any atom is -0.396 e. The zero-order valence-electron chi connectivity index (χ0n) is 13.9. The number of nitro groups is 1. The molecule has 1 amide bonds. The molecule has 8 heteroatoms. The second-order valence-electron chi connectivity index (χ2n) is 5.89. The number of unbranched alkanes of at least 4 members (excludes halogenated alkanes) is 1. The first-order valence-corrected chi connectivity index (χ1v) is 8.22. The van der Waals surface area contributed by atoms with Gasteiger partial charge >= 0.3 is 0 Å². The van der Waals surface area contributed by atoms with Gasteiger partial charge in [-0.15, -0.1) is 0 Å². The highest BCUT2D eigenvalue weighted by Gasteiger charge is 2.17. The molecule has 0 fully saturated rings. The molecule has 0 aliphatic heterocycles. The van der Waals surface area contributed by atoms with Crippen LogP contribution in [0.2, 0.25) is 0 Å². The van der Waals surface area contributed by atoms with Crippen molar-refractivity contribution in [2.45, 2.75) is 19.3 Å². The first-order valence-electron chi connectivity index (χ1n) is 8.22. The molecule has 0 radical (unpaired) electrons. The van der Waals surface area contributed by atoms with E-state index >= 15 is 0 Å². The van der Waals surface area contributed by atoms with Gasteiger partial charge in [-0.2, -0.15) is 5.10 Å². The van der Waals surface area contributed by atoms with Crippen molar-refractivity contribution in [3.8, 4) is 0 Å². The number of hydrogen-bond acceptors (Lipinski definition) is 5. The molecular formula is C18H18N4O4. The number of aliphatic hydroxyl groups is 1. The van der Waals surface area contributed by atoms with Crippen LogP contribution in [0.1, 0.15) is 28.9 Å². The maximum Gasteiger partial charge on any atom is 0.276 e. The van der Waals surface area contributed by atoms with Gasteiger partial charge < -0.3 is 10.4 Å². The predicted molar refractivity (Wildman–Crippen MR) is 97.2 cm³/mol. The number of anilines is 1. The number of nitrogens with one attached hydrogen (secondary N) is 2. The maximum atomic E-state index is 12.5. The molecule has 3 rings (SSSR count). The van der Waals surface area contributed by atoms with Crippen molar-refractivity contribution in [2.24, 2.45) is 0 Å². The van der Waals surface area contributed by atoms with Crippen LogP contribution in [0.5, 0.6) is 0 Å². The van der Waals surface area contributed by atoms with E-state index in [4.69, 9.17) is 5.11 Å². The molecule has 0 saturated carbocycles. The number of hydrogen-bond donors (Lipinski definition) is 3. The van der Waals surface area contributed by atoms with E-state index < -0.39 is 10.8 Å². The van der Waals surface area contributed by atoms with E-state index in [-0.39, 0.29) is 18.0 Å². The summed E-state index contributed by atoms with van der Waals surface area (Å²) in [7, 11) is 0. The zero-order valence-corrected chi connectivity index (χ0v) is 13.9. The number of nitro benzene ring substituents is 1. The minimum atomic E-state index is -0.510. The lowest BCUT2D eigenvalue weighted by molar-refractivity contribution is -0.384. The van der Waals surface area contributed by atoms with Gasteiger partial charge in [0.15, 0.2) is 5.69 Å². The molecule has 0 aliphatic carbocycles. The van der Waals surface area contributed by atoms with Crippen LogP contribution in [0.3, 0.4) is 0 Å². The molecule has 1 aromatic heterocycles. The Morgan fingerprint density at radius 1 is 1.19 bits per heavy atom. The third kappa shape index (κ3) is 3.86. The highest BCUT2D eigenvalue weighted by Crippen LogP contribution is 2.23. The lowest BCUT2D eigenvalue weighted by Crippen LogP contribution is -2.12. The zero-order chi connectivity index (χ0) is 18.5. The van der Waals surface area contributed by atoms with Gasteiger partial charge in [-0.3, -0.25) is 20.0 Å². The van der Waals surface area contributed by atoms with Crippen LogP contribution < -0.4 is 5.32 Å². The van der Waals surface area contributed by atoms with E-state index in [2.05, 4.69) is 15.5 Å². The Balaban J connectivity index is 1.74. The van der Waals surface area contributed by atoms with E-state index in [0.717, 1.165) is 24.8 Å². The van der Waals surface area contributed by atoms with Crippen LogP contribution in [0.25, 0.3) is 10.9 Å². The second kappa shape index (κ2) is 7.75. The number of fused-ring (bicyclic) bond motifs is 1. The number of carbonyl (C=O) groups is 1. The van der Waals surface area contributed by atoms with Crippen LogP contribution in [0, 0.1) is 10.1 Å². The van der Waals surface area contributed by atoms with Crippen LogP contribution in [0.15, 0.2) is 42.5 Å². The number of benzene rings is 2. The number of carbonyl (C=O) groups excluding carboxylic acids is 1. The standard InChI is InChI=1S/C18H18N4O4/c23-10-2-1-3-12-4-6-13(7-5-12)19-18(24)17-15-11-14(22(25)26)8-9-16(15)20-21-17/h4-9,11,23H,1-3,10H2,(H,19,24)(H,20,21). The summed E-state index contributed by atoms with van der Waals surface area (Å²) < 4.78 is 0. The van der Waals surface area contributed by atoms with E-state index in [1.807, 2.05) is 12.1 Å². The quantitative estimate of drug-likeness (QED) is 0.342. The fraction of sp³-hybridized carbons (Fsp3) is 0.222. The van der Waals surface area contributed by atoms with Crippen LogP contribution in [-0.2, 0) is 6.42 Å². The van der Waals surface area contributed by atoms with Gasteiger partial charge in [-0.25, -0.2) is 0 Å². The molecular weight excluding hydrogens is 336 g/mol. The molecule has 3 N–H and O–H groups in total. The fourth-order valence-corrected chi connectivity index (χ4v) is 2.67. The molecule has 0 aliphatic rings. The summed E-state index contributed by atoms with van der Waals surface area (Å²) in [5, 5.41) is 29.6. The minimum absolute atomic E-state index is 0.0971. The van der Waals surface area contributed by atoms with Crippen molar-refractivity contribution in [2.75, 3.05) is 11.9 Å². The third-order valence-electron chi connectivity index (χ3n) is 4.06. The first-order chi connectivity index (χ1) is 12.6. The summed E-state index contributed by atoms with van der Waals surface area (Å²) in [5.74, 6) is -0.440. The molecule has 0 bridgehead atoms. The van der Waals surface area contributed by atoms with E-state index in [1.54, 1.807) is 12.1 Å². The molecule has 1 heterocycles. The van der Waals surface area contributed by atoms with Crippen molar-refractivity contribution in [3.63, 3.8) is 0 Å². The number of aliphatic hydroxyl groups excluding tert-OH is 1. The molecule has 8 nitrogen and oxygen atoms in total. The van der Waals surface area contributed by atoms with Gasteiger partial charge in [0.05, 0.1) is 10.4 Å². The predicted octanol–water partition coefficient (Wildman–Crippen LogP) is 3.04. The Hall–Kier alpha value is -3.26. The summed E-state index contributed by atoms with van der Waals surface area (Å²) >= 11 is 0. The maximum absolute atomic E-state index is 12.5. The fourth-order valence-electron chi connectivity index (χ4n) is 2.67. The molecule has 2 aromatic carbocycles. The molecule has 0 unspecified atom stereocenters. The van der Waals surface area contributed by atoms with Crippen molar-refractivity contribution < 1.29 is 14.8 Å². The molecule has 26 heavy (non-hydrogen) atoms. The lowest BCUT2D eigenvalue weighted by atomic mass is 10.1. The van der Waals surface area contributed by atoms with E-state index in [9.17, 15) is 14.9 Å². The number of amides is 1. The largest absolute Gasteiger partial charge is 0.396 e. The van der Waals surface area contributed by atoms with E-state index in [1.165, 1.54) is 18.2 Å². The Bertz CT molecular complexity index is 934. The highest BCUT2D eigenvalue weighted by molar-refractivity contribution is 6.11. The Morgan fingerprint density at radius 3 is 2.65 bits per heavy atom. The number of nitrogens with zero attached hydrogens (tertiary/aromatic N) is 2. The van der Waals surface area contributed by atoms with Crippen molar-refractivity contribution in [3.05, 3.63) is 63.8 Å². The molecule has 0 spiro atoms. The Labute approximate surface area is 149 Å². The van der Waals surface area contributed by atoms with Crippen molar-refractivity contribution in [1.29, 1.82) is 0 Å². The second-order valence-corrected chi connectivity index (χ2v) is 5.89. The highest BCUT2D eigenvalue weighted by atomic mass is 16.6. The van der Waals surface area contributed by atoms with Gasteiger partial charge in [-0.1, -0.05) is 12.1 Å². The monoisotopic (exact) mass is 354 g/mol. The smallest absolute Gasteiger partial charge is 0.276 e. The summed E-state index contributed by atoms with van der Waals surface area (Å²) in [6.45, 7) is 0.184. The van der Waals surface area contributed by atoms with Gasteiger partial charge in [0.1, 0.15) is 0 Å². The number of aromatic nitrogens is 2. The number of non-ortho nitro benzene ring substituents is 1. The molecule has 0 saturated heterocycles. The average Bonchev–Trinajstić information content (AvgIpc) is 3.06. The molecule has 134 valence electrons.